The van der Waals surface area contributed by atoms with E-state index in [1.54, 1.807) is 0 Å². The van der Waals surface area contributed by atoms with E-state index in [2.05, 4.69) is 9.46 Å². The van der Waals surface area contributed by atoms with Crippen LogP contribution in [0.25, 0.3) is 0 Å². The number of carboxylic acids is 1. The second kappa shape index (κ2) is 7.03. The molecule has 0 heterocycles. The molecule has 0 spiro atoms. The summed E-state index contributed by atoms with van der Waals surface area (Å²) in [7, 11) is -2.32. The summed E-state index contributed by atoms with van der Waals surface area (Å²) in [5, 5.41) is 9.25. The first-order valence-electron chi connectivity index (χ1n) is 6.59. The number of nitrogens with one attached hydrogen (secondary N) is 1. The normalized spacial score (nSPS) is 17.9. The monoisotopic (exact) mass is 307 g/mol. The average molecular weight is 307 g/mol. The summed E-state index contributed by atoms with van der Waals surface area (Å²) in [5.74, 6) is -1.62. The van der Waals surface area contributed by atoms with Crippen molar-refractivity contribution >= 4 is 22.0 Å². The van der Waals surface area contributed by atoms with Crippen molar-refractivity contribution in [2.24, 2.45) is 5.41 Å². The number of esters is 1. The molecular formula is C12H21NO6S. The van der Waals surface area contributed by atoms with Gasteiger partial charge in [-0.25, -0.2) is 13.1 Å². The van der Waals surface area contributed by atoms with Crippen molar-refractivity contribution in [2.45, 2.75) is 38.5 Å². The van der Waals surface area contributed by atoms with Gasteiger partial charge < -0.3 is 9.84 Å². The van der Waals surface area contributed by atoms with Gasteiger partial charge in [-0.1, -0.05) is 12.8 Å². The second-order valence-electron chi connectivity index (χ2n) is 5.11. The highest BCUT2D eigenvalue weighted by atomic mass is 32.2. The molecule has 0 saturated heterocycles. The van der Waals surface area contributed by atoms with Crippen LogP contribution in [0, 0.1) is 5.41 Å². The molecular weight excluding hydrogens is 286 g/mol. The van der Waals surface area contributed by atoms with Gasteiger partial charge in [0, 0.05) is 13.0 Å². The predicted octanol–water partition coefficient (Wildman–Crippen LogP) is 0.504. The zero-order valence-electron chi connectivity index (χ0n) is 11.6. The Labute approximate surface area is 118 Å². The van der Waals surface area contributed by atoms with Crippen LogP contribution in [0.1, 0.15) is 38.5 Å². The van der Waals surface area contributed by atoms with Gasteiger partial charge >= 0.3 is 11.9 Å². The fraction of sp³-hybridized carbons (Fsp3) is 0.833. The number of hydrogen-bond acceptors (Lipinski definition) is 5. The minimum Gasteiger partial charge on any atom is -0.481 e. The Hall–Kier alpha value is -1.15. The van der Waals surface area contributed by atoms with E-state index in [0.717, 1.165) is 12.8 Å². The largest absolute Gasteiger partial charge is 0.481 e. The van der Waals surface area contributed by atoms with Crippen molar-refractivity contribution in [2.75, 3.05) is 19.4 Å². The van der Waals surface area contributed by atoms with Gasteiger partial charge in [0.1, 0.15) is 0 Å². The van der Waals surface area contributed by atoms with E-state index in [9.17, 15) is 23.1 Å². The molecule has 1 rings (SSSR count). The van der Waals surface area contributed by atoms with E-state index in [-0.39, 0.29) is 25.1 Å². The lowest BCUT2D eigenvalue weighted by Crippen LogP contribution is -2.42. The van der Waals surface area contributed by atoms with E-state index >= 15 is 0 Å². The van der Waals surface area contributed by atoms with Gasteiger partial charge in [0.25, 0.3) is 0 Å². The number of carbonyl (C=O) groups excluding carboxylic acids is 1. The molecule has 20 heavy (non-hydrogen) atoms. The molecule has 0 atom stereocenters. The number of rotatable bonds is 8. The summed E-state index contributed by atoms with van der Waals surface area (Å²) in [6.45, 7) is -0.0805. The Morgan fingerprint density at radius 2 is 1.90 bits per heavy atom. The topological polar surface area (TPSA) is 110 Å². The molecule has 7 nitrogen and oxygen atoms in total. The lowest BCUT2D eigenvalue weighted by molar-refractivity contribution is -0.148. The molecule has 8 heteroatoms. The quantitative estimate of drug-likeness (QED) is 0.632. The summed E-state index contributed by atoms with van der Waals surface area (Å²) < 4.78 is 30.3. The molecule has 0 aromatic carbocycles. The lowest BCUT2D eigenvalue weighted by Gasteiger charge is -2.23. The highest BCUT2D eigenvalue weighted by molar-refractivity contribution is 7.89. The van der Waals surface area contributed by atoms with E-state index in [1.807, 2.05) is 0 Å². The molecule has 2 N–H and O–H groups in total. The van der Waals surface area contributed by atoms with Crippen LogP contribution in [-0.4, -0.2) is 44.9 Å². The molecule has 1 aliphatic carbocycles. The Bertz CT molecular complexity index is 453. The van der Waals surface area contributed by atoms with Crippen molar-refractivity contribution in [3.8, 4) is 0 Å². The molecule has 0 aliphatic heterocycles. The number of carbonyl (C=O) groups is 2. The van der Waals surface area contributed by atoms with Gasteiger partial charge in [0.15, 0.2) is 0 Å². The molecule has 0 aromatic heterocycles. The fourth-order valence-corrected chi connectivity index (χ4v) is 3.51. The summed E-state index contributed by atoms with van der Waals surface area (Å²) in [5.41, 5.74) is -0.977. The first kappa shape index (κ1) is 16.9. The zero-order chi connectivity index (χ0) is 15.2. The zero-order valence-corrected chi connectivity index (χ0v) is 12.4. The summed E-state index contributed by atoms with van der Waals surface area (Å²) in [6, 6.07) is 0. The maximum atomic E-state index is 11.8. The number of methoxy groups -OCH3 is 1. The highest BCUT2D eigenvalue weighted by Gasteiger charge is 2.41. The van der Waals surface area contributed by atoms with Crippen LogP contribution in [0.2, 0.25) is 0 Å². The Kier molecular flexibility index (Phi) is 5.94. The molecule has 1 saturated carbocycles. The number of hydrogen-bond donors (Lipinski definition) is 2. The SMILES string of the molecule is COC(=O)CCCS(=O)(=O)NCC1(C(=O)O)CCCC1. The minimum atomic E-state index is -3.57. The molecule has 0 bridgehead atoms. The van der Waals surface area contributed by atoms with Crippen LogP contribution in [0.5, 0.6) is 0 Å². The molecule has 0 unspecified atom stereocenters. The number of ether oxygens (including phenoxy) is 1. The van der Waals surface area contributed by atoms with E-state index in [1.165, 1.54) is 7.11 Å². The highest BCUT2D eigenvalue weighted by Crippen LogP contribution is 2.37. The van der Waals surface area contributed by atoms with Crippen LogP contribution in [-0.2, 0) is 24.3 Å². The van der Waals surface area contributed by atoms with Gasteiger partial charge in [-0.05, 0) is 19.3 Å². The van der Waals surface area contributed by atoms with Crippen molar-refractivity contribution in [3.05, 3.63) is 0 Å². The molecule has 1 fully saturated rings. The van der Waals surface area contributed by atoms with E-state index < -0.39 is 27.4 Å². The molecule has 1 aliphatic rings. The van der Waals surface area contributed by atoms with Gasteiger partial charge in [0.05, 0.1) is 18.3 Å². The predicted molar refractivity (Wildman–Crippen MR) is 71.6 cm³/mol. The third-order valence-electron chi connectivity index (χ3n) is 3.67. The number of carboxylic acid groups (broad SMARTS) is 1. The van der Waals surface area contributed by atoms with Gasteiger partial charge in [-0.15, -0.1) is 0 Å². The standard InChI is InChI=1S/C12H21NO6S/c1-19-10(14)5-4-8-20(17,18)13-9-12(11(15)16)6-2-3-7-12/h13H,2-9H2,1H3,(H,15,16). The first-order chi connectivity index (χ1) is 9.31. The smallest absolute Gasteiger partial charge is 0.310 e. The molecule has 0 aromatic rings. The van der Waals surface area contributed by atoms with Crippen LogP contribution >= 0.6 is 0 Å². The maximum absolute atomic E-state index is 11.8. The van der Waals surface area contributed by atoms with Gasteiger partial charge in [0.2, 0.25) is 10.0 Å². The van der Waals surface area contributed by atoms with Gasteiger partial charge in [-0.2, -0.15) is 0 Å². The van der Waals surface area contributed by atoms with Crippen LogP contribution in [0.3, 0.4) is 0 Å². The van der Waals surface area contributed by atoms with Crippen molar-refractivity contribution in [1.29, 1.82) is 0 Å². The summed E-state index contributed by atoms with van der Waals surface area (Å²) >= 11 is 0. The van der Waals surface area contributed by atoms with Crippen molar-refractivity contribution in [1.82, 2.24) is 4.72 Å². The average Bonchev–Trinajstić information content (AvgIpc) is 2.86. The Morgan fingerprint density at radius 1 is 1.30 bits per heavy atom. The molecule has 0 amide bonds. The number of aliphatic carboxylic acids is 1. The molecule has 0 radical (unpaired) electrons. The summed E-state index contributed by atoms with van der Waals surface area (Å²) in [6.07, 6.45) is 2.77. The van der Waals surface area contributed by atoms with Crippen LogP contribution in [0.15, 0.2) is 0 Å². The summed E-state index contributed by atoms with van der Waals surface area (Å²) in [4.78, 5) is 22.2. The Morgan fingerprint density at radius 3 is 2.40 bits per heavy atom. The van der Waals surface area contributed by atoms with Crippen molar-refractivity contribution in [3.63, 3.8) is 0 Å². The minimum absolute atomic E-state index is 0.0292. The van der Waals surface area contributed by atoms with Crippen LogP contribution < -0.4 is 4.72 Å². The maximum Gasteiger partial charge on any atom is 0.310 e. The number of sulfonamides is 1. The lowest BCUT2D eigenvalue weighted by atomic mass is 9.87. The van der Waals surface area contributed by atoms with Gasteiger partial charge in [-0.3, -0.25) is 9.59 Å². The third-order valence-corrected chi connectivity index (χ3v) is 5.08. The first-order valence-corrected chi connectivity index (χ1v) is 8.24. The molecule has 116 valence electrons. The van der Waals surface area contributed by atoms with Crippen LogP contribution in [0.4, 0.5) is 0 Å². The van der Waals surface area contributed by atoms with E-state index in [0.29, 0.717) is 12.8 Å². The Balaban J connectivity index is 2.46. The third kappa shape index (κ3) is 4.75. The van der Waals surface area contributed by atoms with E-state index in [4.69, 9.17) is 0 Å². The van der Waals surface area contributed by atoms with Crippen molar-refractivity contribution < 1.29 is 27.9 Å². The second-order valence-corrected chi connectivity index (χ2v) is 7.04. The fourth-order valence-electron chi connectivity index (χ4n) is 2.35.